The lowest BCUT2D eigenvalue weighted by Crippen LogP contribution is -2.65. The van der Waals surface area contributed by atoms with Gasteiger partial charge in [-0.1, -0.05) is 115 Å². The van der Waals surface area contributed by atoms with Crippen molar-refractivity contribution in [1.29, 1.82) is 0 Å². The number of aryl methyl sites for hydroxylation is 2. The molecule has 99 heavy (non-hydrogen) atoms. The van der Waals surface area contributed by atoms with Gasteiger partial charge in [0.1, 0.15) is 59.9 Å². The molecule has 3 N–H and O–H groups in total. The molecule has 28 heteroatoms. The SMILES string of the molecule is CC[C@H](C)[C@@H]1NC(=O)[C@H](CC(C)C)N(C)C(=O)C[C@@H](C(=O)N(C)C)N(C)C(=O)[C@H]([C@@H](C)CC)N(C)C(=O)C2(CCCC2)NC(=O)[C@@H]2CCCN2C(=O)[C@H](CCc2ccc(C(F)(F)F)c(Cl)c2)NC(=O)CN(C)C(=O)[C@H](Cc2ccc(C)cc2)N(C)C(=O)[C@@H]2CCN2C(=O)[C@H](C)N(C)C1=O. The number of fused-ring (bicyclic) bond motifs is 2. The van der Waals surface area contributed by atoms with Gasteiger partial charge in [0.05, 0.1) is 23.6 Å². The molecule has 2 aromatic carbocycles. The number of halogens is 4. The number of amides is 12. The fourth-order valence-corrected chi connectivity index (χ4v) is 14.1. The van der Waals surface area contributed by atoms with Gasteiger partial charge < -0.3 is 60.0 Å². The highest BCUT2D eigenvalue weighted by Crippen LogP contribution is 2.37. The van der Waals surface area contributed by atoms with Crippen LogP contribution in [0.3, 0.4) is 0 Å². The standard InChI is InChI=1S/C71H104ClF3N12O12/c1-17-43(6)58-67(97)81(12)45(8)62(92)87-35-31-52(87)66(96)83(14)54(38-47-25-23-42(5)24-26-47)65(95)80(11)40-56(88)76-50(30-28-46-27-29-48(49(72)37-46)71(73,74)75)63(93)86-34-21-22-51(86)61(91)78-70(32-19-20-33-70)69(99)85(16)59(44(7)18-2)68(98)84(15)55(64(94)79(9)10)39-57(89)82(13)53(36-41(3)4)60(90)77-58/h23-27,29,37,41,43-45,50-55,58-59H,17-22,28,30-36,38-40H2,1-16H3,(H,76,88)(H,77,90)(H,78,91)/t43-,44-,45-,50-,51-,52-,53-,54-,55-,58-,59-/m0/s1. The second-order valence-electron chi connectivity index (χ2n) is 28.4. The smallest absolute Gasteiger partial charge is 0.347 e. The van der Waals surface area contributed by atoms with E-state index < -0.39 is 172 Å². The Morgan fingerprint density at radius 1 is 0.667 bits per heavy atom. The van der Waals surface area contributed by atoms with Crippen molar-refractivity contribution in [3.63, 3.8) is 0 Å². The molecule has 24 nitrogen and oxygen atoms in total. The van der Waals surface area contributed by atoms with Gasteiger partial charge in [0.25, 0.3) is 0 Å². The summed E-state index contributed by atoms with van der Waals surface area (Å²) in [7, 11) is 11.3. The lowest BCUT2D eigenvalue weighted by Gasteiger charge is -2.45. The van der Waals surface area contributed by atoms with E-state index in [4.69, 9.17) is 11.6 Å². The zero-order valence-corrected chi connectivity index (χ0v) is 61.2. The van der Waals surface area contributed by atoms with E-state index in [0.717, 1.165) is 27.5 Å². The van der Waals surface area contributed by atoms with Gasteiger partial charge >= 0.3 is 6.18 Å². The zero-order chi connectivity index (χ0) is 74.0. The van der Waals surface area contributed by atoms with E-state index in [0.29, 0.717) is 37.7 Å². The van der Waals surface area contributed by atoms with E-state index in [1.54, 1.807) is 26.0 Å². The average molecular weight is 1410 g/mol. The largest absolute Gasteiger partial charge is 0.417 e. The van der Waals surface area contributed by atoms with E-state index in [1.807, 2.05) is 46.8 Å². The average Bonchev–Trinajstić information content (AvgIpc) is 1.35. The van der Waals surface area contributed by atoms with Crippen molar-refractivity contribution in [3.8, 4) is 0 Å². The highest BCUT2D eigenvalue weighted by atomic mass is 35.5. The number of hydrogen-bond donors (Lipinski definition) is 3. The maximum atomic E-state index is 15.4. The molecule has 6 rings (SSSR count). The van der Waals surface area contributed by atoms with Gasteiger partial charge in [0, 0.05) is 75.9 Å². The van der Waals surface area contributed by atoms with Crippen LogP contribution in [0.1, 0.15) is 148 Å². The quantitative estimate of drug-likeness (QED) is 0.251. The third-order valence-corrected chi connectivity index (χ3v) is 21.1. The van der Waals surface area contributed by atoms with Gasteiger partial charge in [-0.05, 0) is 106 Å². The van der Waals surface area contributed by atoms with Crippen LogP contribution in [0.15, 0.2) is 42.5 Å². The second kappa shape index (κ2) is 34.0. The normalized spacial score (nSPS) is 26.1. The van der Waals surface area contributed by atoms with Gasteiger partial charge in [-0.25, -0.2) is 0 Å². The highest BCUT2D eigenvalue weighted by Gasteiger charge is 2.51. The predicted molar refractivity (Wildman–Crippen MR) is 365 cm³/mol. The van der Waals surface area contributed by atoms with Crippen LogP contribution in [0.25, 0.3) is 0 Å². The Kier molecular flexibility index (Phi) is 27.5. The number of rotatable bonds is 12. The summed E-state index contributed by atoms with van der Waals surface area (Å²) in [6.07, 6.45) is -3.03. The fourth-order valence-electron chi connectivity index (χ4n) is 13.8. The minimum Gasteiger partial charge on any atom is -0.347 e. The molecule has 4 fully saturated rings. The van der Waals surface area contributed by atoms with E-state index in [9.17, 15) is 51.5 Å². The van der Waals surface area contributed by atoms with Gasteiger partial charge in [-0.2, -0.15) is 13.2 Å². The van der Waals surface area contributed by atoms with Crippen LogP contribution < -0.4 is 16.0 Å². The molecule has 3 aliphatic heterocycles. The summed E-state index contributed by atoms with van der Waals surface area (Å²) < 4.78 is 41.6. The Labute approximate surface area is 585 Å². The van der Waals surface area contributed by atoms with Crippen molar-refractivity contribution in [2.45, 2.75) is 211 Å². The number of carbonyl (C=O) groups is 12. The van der Waals surface area contributed by atoms with E-state index in [2.05, 4.69) is 16.0 Å². The summed E-state index contributed by atoms with van der Waals surface area (Å²) in [6.45, 7) is 13.7. The Balaban J connectivity index is 1.45. The molecule has 0 aromatic heterocycles. The van der Waals surface area contributed by atoms with E-state index in [-0.39, 0.29) is 75.9 Å². The highest BCUT2D eigenvalue weighted by molar-refractivity contribution is 6.31. The fraction of sp³-hybridized carbons (Fsp3) is 0.662. The Hall–Kier alpha value is -7.84. The second-order valence-corrected chi connectivity index (χ2v) is 28.8. The number of likely N-dealkylation sites (N-methyl/N-ethyl adjacent to an activating group) is 7. The Morgan fingerprint density at radius 2 is 1.27 bits per heavy atom. The third kappa shape index (κ3) is 18.8. The van der Waals surface area contributed by atoms with Crippen LogP contribution in [0, 0.1) is 24.7 Å². The monoisotopic (exact) mass is 1410 g/mol. The van der Waals surface area contributed by atoms with Crippen molar-refractivity contribution < 1.29 is 70.7 Å². The Bertz CT molecular complexity index is 3310. The number of benzene rings is 2. The van der Waals surface area contributed by atoms with Crippen LogP contribution in [0.4, 0.5) is 13.2 Å². The molecule has 12 amide bonds. The molecular formula is C71H104ClF3N12O12. The van der Waals surface area contributed by atoms with Crippen LogP contribution in [-0.2, 0) is 76.6 Å². The lowest BCUT2D eigenvalue weighted by molar-refractivity contribution is -0.160. The predicted octanol–water partition coefficient (Wildman–Crippen LogP) is 5.08. The first-order valence-corrected chi connectivity index (χ1v) is 34.9. The topological polar surface area (TPSA) is 270 Å². The van der Waals surface area contributed by atoms with Crippen LogP contribution in [0.2, 0.25) is 5.02 Å². The Morgan fingerprint density at radius 3 is 1.83 bits per heavy atom. The maximum absolute atomic E-state index is 15.4. The summed E-state index contributed by atoms with van der Waals surface area (Å²) in [5, 5.41) is 8.06. The summed E-state index contributed by atoms with van der Waals surface area (Å²) >= 11 is 6.14. The summed E-state index contributed by atoms with van der Waals surface area (Å²) in [5.74, 6) is -9.48. The zero-order valence-electron chi connectivity index (χ0n) is 60.4. The van der Waals surface area contributed by atoms with E-state index in [1.165, 1.54) is 104 Å². The first kappa shape index (κ1) is 80.1. The van der Waals surface area contributed by atoms with E-state index >= 15 is 19.2 Å². The molecule has 11 atom stereocenters. The van der Waals surface area contributed by atoms with Crippen molar-refractivity contribution in [3.05, 3.63) is 69.7 Å². The van der Waals surface area contributed by atoms with Gasteiger partial charge in [-0.3, -0.25) is 57.5 Å². The number of alkyl halides is 3. The number of hydrogen-bond acceptors (Lipinski definition) is 12. The molecule has 0 radical (unpaired) electrons. The molecule has 2 aromatic rings. The minimum absolute atomic E-state index is 0.0137. The third-order valence-electron chi connectivity index (χ3n) is 20.8. The van der Waals surface area contributed by atoms with Crippen LogP contribution in [-0.4, -0.2) is 251 Å². The molecule has 0 unspecified atom stereocenters. The van der Waals surface area contributed by atoms with Crippen molar-refractivity contribution in [2.24, 2.45) is 17.8 Å². The summed E-state index contributed by atoms with van der Waals surface area (Å²) in [6, 6.07) is -1.05. The van der Waals surface area contributed by atoms with Crippen molar-refractivity contribution in [1.82, 2.24) is 60.0 Å². The first-order chi connectivity index (χ1) is 46.3. The van der Waals surface area contributed by atoms with Gasteiger partial charge in [0.2, 0.25) is 70.9 Å². The summed E-state index contributed by atoms with van der Waals surface area (Å²) in [5.41, 5.74) is -0.839. The maximum Gasteiger partial charge on any atom is 0.417 e. The minimum atomic E-state index is -4.77. The number of nitrogens with one attached hydrogen (secondary N) is 3. The van der Waals surface area contributed by atoms with Crippen molar-refractivity contribution >= 4 is 82.5 Å². The van der Waals surface area contributed by atoms with Gasteiger partial charge in [0.15, 0.2) is 0 Å². The molecule has 548 valence electrons. The number of nitrogens with zero attached hydrogens (tertiary/aromatic N) is 9. The summed E-state index contributed by atoms with van der Waals surface area (Å²) in [4.78, 5) is 190. The molecule has 1 aliphatic carbocycles. The molecule has 1 spiro atoms. The molecule has 0 bridgehead atoms. The molecular weight excluding hydrogens is 1310 g/mol. The molecule has 3 saturated heterocycles. The molecule has 3 heterocycles. The number of carbonyl (C=O) groups excluding carboxylic acids is 12. The van der Waals surface area contributed by atoms with Gasteiger partial charge in [-0.15, -0.1) is 0 Å². The van der Waals surface area contributed by atoms with Crippen LogP contribution >= 0.6 is 11.6 Å². The lowest BCUT2D eigenvalue weighted by atomic mass is 9.90. The molecule has 1 saturated carbocycles. The first-order valence-electron chi connectivity index (χ1n) is 34.5. The van der Waals surface area contributed by atoms with Crippen molar-refractivity contribution in [2.75, 3.05) is 76.0 Å². The van der Waals surface area contributed by atoms with Crippen LogP contribution in [0.5, 0.6) is 0 Å². The molecule has 4 aliphatic rings.